The number of aromatic nitrogens is 3. The summed E-state index contributed by atoms with van der Waals surface area (Å²) in [5, 5.41) is 33.2. The number of hydrogen-bond donors (Lipinski definition) is 2. The third-order valence-electron chi connectivity index (χ3n) is 8.38. The highest BCUT2D eigenvalue weighted by molar-refractivity contribution is 5.88. The van der Waals surface area contributed by atoms with Gasteiger partial charge in [-0.25, -0.2) is 22.6 Å². The van der Waals surface area contributed by atoms with Gasteiger partial charge in [-0.2, -0.15) is 0 Å². The topological polar surface area (TPSA) is 141 Å². The van der Waals surface area contributed by atoms with E-state index in [2.05, 4.69) is 15.5 Å². The Bertz CT molecular complexity index is 1340. The number of oxime groups is 1. The van der Waals surface area contributed by atoms with Crippen molar-refractivity contribution in [2.75, 3.05) is 19.7 Å². The second-order valence-corrected chi connectivity index (χ2v) is 11.6. The van der Waals surface area contributed by atoms with Crippen LogP contribution in [-0.2, 0) is 19.0 Å². The van der Waals surface area contributed by atoms with Gasteiger partial charge < -0.3 is 34.2 Å². The van der Waals surface area contributed by atoms with E-state index in [0.717, 1.165) is 17.8 Å². The molecule has 0 radical (unpaired) electrons. The maximum Gasteiger partial charge on any atom is 0.407 e. The molecule has 2 N–H and O–H groups in total. The normalized spacial score (nSPS) is 31.4. The third-order valence-corrected chi connectivity index (χ3v) is 8.38. The van der Waals surface area contributed by atoms with Crippen LogP contribution >= 0.6 is 0 Å². The van der Waals surface area contributed by atoms with Crippen molar-refractivity contribution in [3.05, 3.63) is 35.8 Å². The fourth-order valence-electron chi connectivity index (χ4n) is 6.18. The number of carbonyl (C=O) groups is 1. The van der Waals surface area contributed by atoms with Gasteiger partial charge in [0.15, 0.2) is 23.2 Å². The number of nitrogens with zero attached hydrogens (tertiary/aromatic N) is 5. The maximum atomic E-state index is 13.9. The van der Waals surface area contributed by atoms with Crippen molar-refractivity contribution in [2.24, 2.45) is 11.1 Å². The molecule has 1 aromatic heterocycles. The summed E-state index contributed by atoms with van der Waals surface area (Å²) in [6.45, 7) is 4.53. The van der Waals surface area contributed by atoms with Crippen molar-refractivity contribution in [3.8, 4) is 11.3 Å². The van der Waals surface area contributed by atoms with Crippen LogP contribution in [0.4, 0.5) is 18.0 Å². The summed E-state index contributed by atoms with van der Waals surface area (Å²) < 4.78 is 60.9. The molecular formula is C27H32F3N5O7. The fourth-order valence-corrected chi connectivity index (χ4v) is 6.18. The van der Waals surface area contributed by atoms with E-state index in [9.17, 15) is 28.2 Å². The van der Waals surface area contributed by atoms with Crippen molar-refractivity contribution >= 4 is 11.8 Å². The van der Waals surface area contributed by atoms with E-state index >= 15 is 0 Å². The molecule has 6 atom stereocenters. The van der Waals surface area contributed by atoms with E-state index in [4.69, 9.17) is 19.0 Å². The van der Waals surface area contributed by atoms with Gasteiger partial charge >= 0.3 is 6.09 Å². The highest BCUT2D eigenvalue weighted by Crippen LogP contribution is 2.40. The van der Waals surface area contributed by atoms with Gasteiger partial charge in [-0.05, 0) is 38.8 Å². The van der Waals surface area contributed by atoms with E-state index in [0.29, 0.717) is 38.8 Å². The average Bonchev–Trinajstić information content (AvgIpc) is 3.62. The third kappa shape index (κ3) is 5.57. The van der Waals surface area contributed by atoms with Crippen LogP contribution in [0.25, 0.3) is 11.3 Å². The lowest BCUT2D eigenvalue weighted by molar-refractivity contribution is -0.349. The van der Waals surface area contributed by atoms with Crippen LogP contribution in [0.3, 0.4) is 0 Å². The number of fused-ring (bicyclic) bond motifs is 1. The van der Waals surface area contributed by atoms with Gasteiger partial charge in [-0.1, -0.05) is 10.4 Å². The Morgan fingerprint density at radius 1 is 1.17 bits per heavy atom. The minimum absolute atomic E-state index is 0.0150. The zero-order chi connectivity index (χ0) is 29.8. The van der Waals surface area contributed by atoms with E-state index in [1.54, 1.807) is 13.8 Å². The average molecular weight is 596 g/mol. The zero-order valence-corrected chi connectivity index (χ0v) is 23.0. The summed E-state index contributed by atoms with van der Waals surface area (Å²) in [6, 6.07) is 0.844. The number of carboxylic acid groups (broad SMARTS) is 1. The molecule has 15 heteroatoms. The Morgan fingerprint density at radius 3 is 2.57 bits per heavy atom. The van der Waals surface area contributed by atoms with E-state index in [-0.39, 0.29) is 29.9 Å². The molecule has 1 amide bonds. The predicted molar refractivity (Wildman–Crippen MR) is 138 cm³/mol. The number of aliphatic hydroxyl groups excluding tert-OH is 1. The molecule has 0 saturated carbocycles. The number of halogens is 3. The van der Waals surface area contributed by atoms with Crippen LogP contribution in [0.2, 0.25) is 0 Å². The van der Waals surface area contributed by atoms with Gasteiger partial charge in [0.25, 0.3) is 0 Å². The fraction of sp³-hybridized carbons (Fsp3) is 0.630. The number of piperidine rings is 1. The number of rotatable bonds is 5. The van der Waals surface area contributed by atoms with Crippen LogP contribution < -0.4 is 0 Å². The van der Waals surface area contributed by atoms with Crippen LogP contribution in [0.1, 0.15) is 45.6 Å². The number of likely N-dealkylation sites (tertiary alicyclic amines) is 1. The summed E-state index contributed by atoms with van der Waals surface area (Å²) in [5.41, 5.74) is 0.936. The number of amides is 1. The van der Waals surface area contributed by atoms with Gasteiger partial charge in [0.1, 0.15) is 36.2 Å². The Morgan fingerprint density at radius 2 is 1.88 bits per heavy atom. The van der Waals surface area contributed by atoms with Gasteiger partial charge in [-0.15, -0.1) is 5.10 Å². The van der Waals surface area contributed by atoms with Crippen LogP contribution in [0.5, 0.6) is 0 Å². The predicted octanol–water partition coefficient (Wildman–Crippen LogP) is 3.11. The highest BCUT2D eigenvalue weighted by atomic mass is 19.2. The first kappa shape index (κ1) is 28.8. The van der Waals surface area contributed by atoms with Gasteiger partial charge in [0.05, 0.1) is 24.6 Å². The summed E-state index contributed by atoms with van der Waals surface area (Å²) in [7, 11) is 0. The molecule has 12 nitrogen and oxygen atoms in total. The molecule has 0 aliphatic carbocycles. The van der Waals surface area contributed by atoms with Crippen molar-refractivity contribution in [2.45, 2.75) is 81.9 Å². The SMILES string of the molecule is CC1(C)OC[C@H]2O[C@H](C[C@H]3CC(C4CCN(C(=O)O)CC4)=NO3)[C@H](O)C(n3cc(-c4cc(F)c(F)c(F)c4)nn3)[C@H]2O1. The Labute approximate surface area is 239 Å². The molecule has 1 aromatic carbocycles. The van der Waals surface area contributed by atoms with Gasteiger partial charge in [0, 0.05) is 37.4 Å². The quantitative estimate of drug-likeness (QED) is 0.499. The summed E-state index contributed by atoms with van der Waals surface area (Å²) in [4.78, 5) is 18.3. The van der Waals surface area contributed by atoms with Crippen molar-refractivity contribution in [1.29, 1.82) is 0 Å². The van der Waals surface area contributed by atoms with Gasteiger partial charge in [0.2, 0.25) is 0 Å². The minimum atomic E-state index is -1.58. The Hall–Kier alpha value is -3.27. The van der Waals surface area contributed by atoms with E-state index in [1.165, 1.54) is 15.8 Å². The highest BCUT2D eigenvalue weighted by Gasteiger charge is 2.53. The molecule has 4 aliphatic heterocycles. The Balaban J connectivity index is 1.19. The second kappa shape index (κ2) is 11.1. The first-order chi connectivity index (χ1) is 20.0. The van der Waals surface area contributed by atoms with E-state index in [1.807, 2.05) is 0 Å². The lowest BCUT2D eigenvalue weighted by Gasteiger charge is -2.50. The first-order valence-electron chi connectivity index (χ1n) is 13.9. The molecule has 228 valence electrons. The smallest absolute Gasteiger partial charge is 0.407 e. The van der Waals surface area contributed by atoms with Crippen LogP contribution in [0, 0.1) is 23.4 Å². The molecule has 3 saturated heterocycles. The first-order valence-corrected chi connectivity index (χ1v) is 13.9. The monoisotopic (exact) mass is 595 g/mol. The molecule has 3 fully saturated rings. The van der Waals surface area contributed by atoms with Crippen LogP contribution in [-0.4, -0.2) is 97.9 Å². The number of hydrogen-bond acceptors (Lipinski definition) is 9. The van der Waals surface area contributed by atoms with Crippen LogP contribution in [0.15, 0.2) is 23.5 Å². The Kier molecular flexibility index (Phi) is 7.62. The molecule has 4 aliphatic rings. The standard InChI is InChI=1S/C27H32F3N5O7/c1-27(2)39-12-21-25(41-27)23(35-11-19(31-33-35)14-7-16(28)22(30)17(29)8-14)24(36)20(40-21)10-15-9-18(32-42-15)13-3-5-34(6-4-13)26(37)38/h7-8,11,13,15,20-21,23-25,36H,3-6,9-10,12H2,1-2H3,(H,37,38)/t15-,20-,21-,23?,24+,25+/m1/s1. The number of ether oxygens (including phenoxy) is 3. The molecule has 0 bridgehead atoms. The molecule has 2 aromatic rings. The van der Waals surface area contributed by atoms with Crippen molar-refractivity contribution in [3.63, 3.8) is 0 Å². The number of benzene rings is 1. The number of aliphatic hydroxyl groups is 1. The summed E-state index contributed by atoms with van der Waals surface area (Å²) >= 11 is 0. The summed E-state index contributed by atoms with van der Waals surface area (Å²) in [5.74, 6) is -5.15. The molecule has 0 spiro atoms. The van der Waals surface area contributed by atoms with Crippen molar-refractivity contribution < 1.29 is 47.2 Å². The minimum Gasteiger partial charge on any atom is -0.465 e. The molecule has 42 heavy (non-hydrogen) atoms. The maximum absolute atomic E-state index is 13.9. The molecular weight excluding hydrogens is 563 g/mol. The molecule has 5 heterocycles. The lowest BCUT2D eigenvalue weighted by Crippen LogP contribution is -2.62. The van der Waals surface area contributed by atoms with Gasteiger partial charge in [-0.3, -0.25) is 0 Å². The largest absolute Gasteiger partial charge is 0.465 e. The van der Waals surface area contributed by atoms with Crippen molar-refractivity contribution in [1.82, 2.24) is 19.9 Å². The molecule has 6 rings (SSSR count). The lowest BCUT2D eigenvalue weighted by atomic mass is 9.86. The van der Waals surface area contributed by atoms with E-state index < -0.39 is 59.8 Å². The second-order valence-electron chi connectivity index (χ2n) is 11.6. The zero-order valence-electron chi connectivity index (χ0n) is 23.0. The summed E-state index contributed by atoms with van der Waals surface area (Å²) in [6.07, 6.45) is -0.891. The molecule has 1 unspecified atom stereocenters.